The minimum atomic E-state index is -0.110. The van der Waals surface area contributed by atoms with Crippen LogP contribution in [0.1, 0.15) is 20.8 Å². The minimum absolute atomic E-state index is 0.0339. The maximum absolute atomic E-state index is 13.0. The van der Waals surface area contributed by atoms with Crippen LogP contribution < -0.4 is 10.1 Å². The van der Waals surface area contributed by atoms with E-state index in [-0.39, 0.29) is 36.3 Å². The lowest BCUT2D eigenvalue weighted by Crippen LogP contribution is -2.49. The van der Waals surface area contributed by atoms with Crippen molar-refractivity contribution in [2.24, 2.45) is 0 Å². The Morgan fingerprint density at radius 1 is 1.09 bits per heavy atom. The Kier molecular flexibility index (Phi) is 7.80. The Bertz CT molecular complexity index is 1150. The van der Waals surface area contributed by atoms with Crippen molar-refractivity contribution in [2.75, 3.05) is 30.8 Å². The summed E-state index contributed by atoms with van der Waals surface area (Å²) in [7, 11) is 0. The van der Waals surface area contributed by atoms with E-state index in [0.29, 0.717) is 31.1 Å². The van der Waals surface area contributed by atoms with E-state index in [1.165, 1.54) is 11.8 Å². The van der Waals surface area contributed by atoms with E-state index < -0.39 is 0 Å². The van der Waals surface area contributed by atoms with Crippen LogP contribution in [0.4, 0.5) is 5.69 Å². The topological polar surface area (TPSA) is 72.8 Å². The zero-order chi connectivity index (χ0) is 24.1. The second kappa shape index (κ2) is 11.0. The van der Waals surface area contributed by atoms with E-state index in [1.54, 1.807) is 0 Å². The normalized spacial score (nSPS) is 18.1. The molecule has 1 saturated heterocycles. The molecule has 180 valence electrons. The Morgan fingerprint density at radius 2 is 1.79 bits per heavy atom. The zero-order valence-corrected chi connectivity index (χ0v) is 20.6. The van der Waals surface area contributed by atoms with E-state index in [9.17, 15) is 9.59 Å². The third-order valence-electron chi connectivity index (χ3n) is 5.65. The molecule has 0 radical (unpaired) electrons. The molecular weight excluding hydrogens is 450 g/mol. The Morgan fingerprint density at radius 3 is 2.56 bits per heavy atom. The van der Waals surface area contributed by atoms with Crippen molar-refractivity contribution in [3.63, 3.8) is 0 Å². The summed E-state index contributed by atoms with van der Waals surface area (Å²) >= 11 is 1.46. The summed E-state index contributed by atoms with van der Waals surface area (Å²) < 4.78 is 13.3. The molecule has 2 aromatic carbocycles. The molecule has 2 heterocycles. The van der Waals surface area contributed by atoms with Crippen molar-refractivity contribution in [1.29, 1.82) is 0 Å². The van der Waals surface area contributed by atoms with Crippen LogP contribution in [0.2, 0.25) is 0 Å². The van der Waals surface area contributed by atoms with Gasteiger partial charge in [-0.1, -0.05) is 30.3 Å². The van der Waals surface area contributed by atoms with E-state index >= 15 is 0 Å². The fraction of sp³-hybridized carbons (Fsp3) is 0.385. The van der Waals surface area contributed by atoms with Gasteiger partial charge in [0.05, 0.1) is 30.3 Å². The molecule has 1 aliphatic heterocycles. The summed E-state index contributed by atoms with van der Waals surface area (Å²) in [5.41, 5.74) is 1.65. The Balaban J connectivity index is 1.45. The van der Waals surface area contributed by atoms with Crippen LogP contribution >= 0.6 is 11.8 Å². The van der Waals surface area contributed by atoms with Gasteiger partial charge >= 0.3 is 0 Å². The second-order valence-corrected chi connectivity index (χ2v) is 9.48. The Labute approximate surface area is 204 Å². The fourth-order valence-electron chi connectivity index (χ4n) is 4.27. The number of rotatable bonds is 8. The maximum Gasteiger partial charge on any atom is 0.242 e. The van der Waals surface area contributed by atoms with Gasteiger partial charge in [-0.05, 0) is 39.0 Å². The predicted molar refractivity (Wildman–Crippen MR) is 135 cm³/mol. The summed E-state index contributed by atoms with van der Waals surface area (Å²) in [6.07, 6.45) is 2.04. The van der Waals surface area contributed by atoms with Crippen LogP contribution in [0.25, 0.3) is 10.9 Å². The molecule has 0 saturated carbocycles. The van der Waals surface area contributed by atoms with E-state index in [1.807, 2.05) is 85.0 Å². The van der Waals surface area contributed by atoms with E-state index in [2.05, 4.69) is 5.32 Å². The largest absolute Gasteiger partial charge is 0.492 e. The lowest BCUT2D eigenvalue weighted by atomic mass is 10.2. The van der Waals surface area contributed by atoms with Gasteiger partial charge in [0, 0.05) is 35.1 Å². The number of carbonyl (C=O) groups is 2. The predicted octanol–water partition coefficient (Wildman–Crippen LogP) is 4.41. The van der Waals surface area contributed by atoms with Gasteiger partial charge < -0.3 is 24.3 Å². The molecule has 1 fully saturated rings. The molecule has 8 heteroatoms. The molecule has 34 heavy (non-hydrogen) atoms. The molecular formula is C26H31N3O4S. The highest BCUT2D eigenvalue weighted by Crippen LogP contribution is 2.31. The number of anilines is 1. The number of ether oxygens (including phenoxy) is 2. The lowest BCUT2D eigenvalue weighted by Gasteiger charge is -2.35. The van der Waals surface area contributed by atoms with Gasteiger partial charge in [-0.25, -0.2) is 0 Å². The summed E-state index contributed by atoms with van der Waals surface area (Å²) in [4.78, 5) is 28.5. The third-order valence-corrected chi connectivity index (χ3v) is 6.69. The number of morpholine rings is 1. The number of carbonyl (C=O) groups excluding carboxylic acids is 2. The van der Waals surface area contributed by atoms with Crippen LogP contribution in [0, 0.1) is 0 Å². The molecule has 0 spiro atoms. The van der Waals surface area contributed by atoms with Gasteiger partial charge in [-0.15, -0.1) is 11.8 Å². The van der Waals surface area contributed by atoms with Crippen molar-refractivity contribution in [2.45, 2.75) is 44.4 Å². The van der Waals surface area contributed by atoms with Crippen molar-refractivity contribution >= 4 is 40.2 Å². The number of nitrogens with one attached hydrogen (secondary N) is 1. The monoisotopic (exact) mass is 481 g/mol. The molecule has 1 N–H and O–H groups in total. The number of benzene rings is 2. The molecule has 0 unspecified atom stereocenters. The summed E-state index contributed by atoms with van der Waals surface area (Å²) in [6.45, 7) is 7.90. The first-order chi connectivity index (χ1) is 16.4. The summed E-state index contributed by atoms with van der Waals surface area (Å²) in [5, 5.41) is 3.97. The summed E-state index contributed by atoms with van der Waals surface area (Å²) in [5.74, 6) is 0.872. The highest BCUT2D eigenvalue weighted by molar-refractivity contribution is 8.00. The van der Waals surface area contributed by atoms with Gasteiger partial charge in [-0.3, -0.25) is 9.59 Å². The molecule has 2 amide bonds. The standard InChI is InChI=1S/C26H31N3O4S/c1-4-32-23-12-8-6-10-21(23)27-25(30)17-34-24-15-28(22-11-7-5-9-20(22)24)16-26(31)29-13-18(2)33-19(3)14-29/h5-12,15,18-19H,4,13-14,16-17H2,1-3H3,(H,27,30)/t18-,19-/m1/s1. The van der Waals surface area contributed by atoms with E-state index in [4.69, 9.17) is 9.47 Å². The van der Waals surface area contributed by atoms with Crippen LogP contribution in [-0.4, -0.2) is 58.9 Å². The minimum Gasteiger partial charge on any atom is -0.492 e. The molecule has 0 aliphatic carbocycles. The average Bonchev–Trinajstić information content (AvgIpc) is 3.16. The SMILES string of the molecule is CCOc1ccccc1NC(=O)CSc1cn(CC(=O)N2C[C@@H](C)O[C@H](C)C2)c2ccccc12. The number of amides is 2. The number of thioether (sulfide) groups is 1. The van der Waals surface area contributed by atoms with Gasteiger partial charge in [0.15, 0.2) is 0 Å². The number of fused-ring (bicyclic) bond motifs is 1. The van der Waals surface area contributed by atoms with Crippen LogP contribution in [0.3, 0.4) is 0 Å². The van der Waals surface area contributed by atoms with Crippen LogP contribution in [-0.2, 0) is 20.9 Å². The molecule has 3 aromatic rings. The quantitative estimate of drug-likeness (QED) is 0.483. The van der Waals surface area contributed by atoms with Crippen LogP contribution in [0.15, 0.2) is 59.6 Å². The van der Waals surface area contributed by atoms with Crippen molar-refractivity contribution in [3.05, 3.63) is 54.7 Å². The van der Waals surface area contributed by atoms with Crippen molar-refractivity contribution in [3.8, 4) is 5.75 Å². The first-order valence-electron chi connectivity index (χ1n) is 11.6. The highest BCUT2D eigenvalue weighted by Gasteiger charge is 2.26. The molecule has 0 bridgehead atoms. The van der Waals surface area contributed by atoms with Crippen molar-refractivity contribution in [1.82, 2.24) is 9.47 Å². The second-order valence-electron chi connectivity index (χ2n) is 8.46. The molecule has 4 rings (SSSR count). The first-order valence-corrected chi connectivity index (χ1v) is 12.6. The van der Waals surface area contributed by atoms with Gasteiger partial charge in [0.2, 0.25) is 11.8 Å². The van der Waals surface area contributed by atoms with Gasteiger partial charge in [0.1, 0.15) is 12.3 Å². The van der Waals surface area contributed by atoms with Crippen molar-refractivity contribution < 1.29 is 19.1 Å². The summed E-state index contributed by atoms with van der Waals surface area (Å²) in [6, 6.07) is 15.4. The van der Waals surface area contributed by atoms with Crippen LogP contribution in [0.5, 0.6) is 5.75 Å². The molecule has 1 aromatic heterocycles. The third kappa shape index (κ3) is 5.74. The number of para-hydroxylation sites is 3. The number of hydrogen-bond donors (Lipinski definition) is 1. The van der Waals surface area contributed by atoms with Gasteiger partial charge in [0.25, 0.3) is 0 Å². The number of nitrogens with zero attached hydrogens (tertiary/aromatic N) is 2. The Hall–Kier alpha value is -2.97. The van der Waals surface area contributed by atoms with E-state index in [0.717, 1.165) is 15.8 Å². The first kappa shape index (κ1) is 24.2. The fourth-order valence-corrected chi connectivity index (χ4v) is 5.16. The lowest BCUT2D eigenvalue weighted by molar-refractivity contribution is -0.143. The van der Waals surface area contributed by atoms with Gasteiger partial charge in [-0.2, -0.15) is 0 Å². The maximum atomic E-state index is 13.0. The highest BCUT2D eigenvalue weighted by atomic mass is 32.2. The number of aromatic nitrogens is 1. The average molecular weight is 482 g/mol. The zero-order valence-electron chi connectivity index (χ0n) is 19.8. The number of hydrogen-bond acceptors (Lipinski definition) is 5. The molecule has 1 aliphatic rings. The molecule has 7 nitrogen and oxygen atoms in total. The smallest absolute Gasteiger partial charge is 0.242 e. The molecule has 2 atom stereocenters.